The van der Waals surface area contributed by atoms with E-state index in [1.165, 1.54) is 6.42 Å². The van der Waals surface area contributed by atoms with Crippen LogP contribution >= 0.6 is 0 Å². The van der Waals surface area contributed by atoms with Gasteiger partial charge in [0.2, 0.25) is 0 Å². The zero-order valence-corrected chi connectivity index (χ0v) is 17.4. The average Bonchev–Trinajstić information content (AvgIpc) is 2.67. The van der Waals surface area contributed by atoms with Crippen LogP contribution in [0.5, 0.6) is 5.75 Å². The summed E-state index contributed by atoms with van der Waals surface area (Å²) in [6.07, 6.45) is 3.79. The lowest BCUT2D eigenvalue weighted by Crippen LogP contribution is -2.48. The smallest absolute Gasteiger partial charge is 0.256 e. The molecule has 1 amide bonds. The van der Waals surface area contributed by atoms with E-state index in [4.69, 9.17) is 9.47 Å². The second kappa shape index (κ2) is 10.7. The molecule has 0 heterocycles. The Morgan fingerprint density at radius 1 is 1.22 bits per heavy atom. The Labute approximate surface area is 164 Å². The highest BCUT2D eigenvalue weighted by Gasteiger charge is 2.42. The highest BCUT2D eigenvalue weighted by molar-refractivity contribution is 5.97. The van der Waals surface area contributed by atoms with Crippen molar-refractivity contribution in [2.24, 2.45) is 5.92 Å². The maximum absolute atomic E-state index is 13.0. The highest BCUT2D eigenvalue weighted by atomic mass is 16.5. The Morgan fingerprint density at radius 2 is 1.93 bits per heavy atom. The number of nitrogens with zero attached hydrogens (tertiary/aromatic N) is 1. The second-order valence-electron chi connectivity index (χ2n) is 7.48. The summed E-state index contributed by atoms with van der Waals surface area (Å²) in [6.45, 7) is 12.7. The predicted molar refractivity (Wildman–Crippen MR) is 110 cm³/mol. The molecule has 0 bridgehead atoms. The number of likely N-dealkylation sites (N-methyl/N-ethyl adjacent to an activating group) is 1. The summed E-state index contributed by atoms with van der Waals surface area (Å²) < 4.78 is 11.8. The molecule has 5 nitrogen and oxygen atoms in total. The van der Waals surface area contributed by atoms with Crippen molar-refractivity contribution in [1.82, 2.24) is 4.90 Å². The third-order valence-electron chi connectivity index (χ3n) is 5.47. The number of benzene rings is 1. The molecule has 27 heavy (non-hydrogen) atoms. The Hall–Kier alpha value is -1.59. The Morgan fingerprint density at radius 3 is 2.52 bits per heavy atom. The van der Waals surface area contributed by atoms with Crippen molar-refractivity contribution in [1.29, 1.82) is 0 Å². The zero-order chi connectivity index (χ0) is 19.7. The molecule has 1 aromatic rings. The molecule has 1 saturated carbocycles. The molecule has 0 saturated heterocycles. The normalized spacial score (nSPS) is 22.6. The fourth-order valence-electron chi connectivity index (χ4n) is 3.89. The van der Waals surface area contributed by atoms with Gasteiger partial charge in [0, 0.05) is 18.8 Å². The van der Waals surface area contributed by atoms with Crippen LogP contribution in [0.3, 0.4) is 0 Å². The molecule has 1 aliphatic rings. The van der Waals surface area contributed by atoms with Crippen molar-refractivity contribution in [3.63, 3.8) is 0 Å². The van der Waals surface area contributed by atoms with Gasteiger partial charge in [-0.3, -0.25) is 4.79 Å². The fourth-order valence-corrected chi connectivity index (χ4v) is 3.89. The fraction of sp³-hybridized carbons (Fsp3) is 0.682. The van der Waals surface area contributed by atoms with Gasteiger partial charge in [-0.15, -0.1) is 0 Å². The van der Waals surface area contributed by atoms with Gasteiger partial charge in [0.15, 0.2) is 0 Å². The molecule has 1 aliphatic carbocycles. The minimum Gasteiger partial charge on any atom is -0.492 e. The standard InChI is InChI=1S/C22H36N2O3/c1-5-24(6-2)15-16-26-20-12-10-19(11-13-20)23-21(25)22(27-7-3)14-8-9-18(4)17-22/h10-13,18H,5-9,14-17H2,1-4H3,(H,23,25)/t18-,22+/m0/s1. The zero-order valence-electron chi connectivity index (χ0n) is 17.4. The summed E-state index contributed by atoms with van der Waals surface area (Å²) in [5.74, 6) is 1.31. The van der Waals surface area contributed by atoms with Crippen molar-refractivity contribution in [3.8, 4) is 5.75 Å². The summed E-state index contributed by atoms with van der Waals surface area (Å²) in [7, 11) is 0. The van der Waals surface area contributed by atoms with E-state index in [1.807, 2.05) is 31.2 Å². The van der Waals surface area contributed by atoms with Gasteiger partial charge in [0.05, 0.1) is 0 Å². The highest BCUT2D eigenvalue weighted by Crippen LogP contribution is 2.36. The number of nitrogens with one attached hydrogen (secondary N) is 1. The number of hydrogen-bond donors (Lipinski definition) is 1. The predicted octanol–water partition coefficient (Wildman–Crippen LogP) is 4.33. The number of anilines is 1. The molecule has 0 spiro atoms. The van der Waals surface area contributed by atoms with Crippen LogP contribution in [0.1, 0.15) is 53.4 Å². The summed E-state index contributed by atoms with van der Waals surface area (Å²) in [5.41, 5.74) is 0.0964. The third-order valence-corrected chi connectivity index (χ3v) is 5.47. The van der Waals surface area contributed by atoms with E-state index >= 15 is 0 Å². The van der Waals surface area contributed by atoms with Crippen molar-refractivity contribution in [3.05, 3.63) is 24.3 Å². The van der Waals surface area contributed by atoms with E-state index in [2.05, 4.69) is 31.0 Å². The maximum atomic E-state index is 13.0. The molecule has 152 valence electrons. The topological polar surface area (TPSA) is 50.8 Å². The van der Waals surface area contributed by atoms with Crippen LogP contribution in [0.15, 0.2) is 24.3 Å². The molecule has 1 N–H and O–H groups in total. The van der Waals surface area contributed by atoms with Gasteiger partial charge >= 0.3 is 0 Å². The van der Waals surface area contributed by atoms with Gasteiger partial charge < -0.3 is 19.7 Å². The van der Waals surface area contributed by atoms with E-state index in [-0.39, 0.29) is 5.91 Å². The Balaban J connectivity index is 1.91. The Kier molecular flexibility index (Phi) is 8.58. The number of amides is 1. The van der Waals surface area contributed by atoms with Gasteiger partial charge in [-0.25, -0.2) is 0 Å². The van der Waals surface area contributed by atoms with Crippen LogP contribution in [0.2, 0.25) is 0 Å². The minimum absolute atomic E-state index is 0.0221. The van der Waals surface area contributed by atoms with Crippen molar-refractivity contribution >= 4 is 11.6 Å². The van der Waals surface area contributed by atoms with Crippen LogP contribution < -0.4 is 10.1 Å². The van der Waals surface area contributed by atoms with Crippen LogP contribution in [-0.2, 0) is 9.53 Å². The van der Waals surface area contributed by atoms with Crippen LogP contribution in [0, 0.1) is 5.92 Å². The number of carbonyl (C=O) groups is 1. The molecule has 2 atom stereocenters. The number of rotatable bonds is 10. The van der Waals surface area contributed by atoms with Crippen LogP contribution in [0.25, 0.3) is 0 Å². The molecule has 0 aliphatic heterocycles. The minimum atomic E-state index is -0.689. The second-order valence-corrected chi connectivity index (χ2v) is 7.48. The number of ether oxygens (including phenoxy) is 2. The van der Waals surface area contributed by atoms with Gasteiger partial charge in [0.25, 0.3) is 5.91 Å². The lowest BCUT2D eigenvalue weighted by molar-refractivity contribution is -0.147. The van der Waals surface area contributed by atoms with E-state index in [9.17, 15) is 4.79 Å². The molecule has 1 fully saturated rings. The van der Waals surface area contributed by atoms with E-state index < -0.39 is 5.60 Å². The summed E-state index contributed by atoms with van der Waals surface area (Å²) >= 11 is 0. The van der Waals surface area contributed by atoms with Crippen molar-refractivity contribution in [2.75, 3.05) is 38.2 Å². The van der Waals surface area contributed by atoms with Gasteiger partial charge in [-0.2, -0.15) is 0 Å². The van der Waals surface area contributed by atoms with Gasteiger partial charge in [-0.05, 0) is 69.5 Å². The molecular weight excluding hydrogens is 340 g/mol. The van der Waals surface area contributed by atoms with E-state index in [1.54, 1.807) is 0 Å². The van der Waals surface area contributed by atoms with E-state index in [0.717, 1.165) is 50.3 Å². The molecule has 0 aromatic heterocycles. The summed E-state index contributed by atoms with van der Waals surface area (Å²) in [6, 6.07) is 7.62. The van der Waals surface area contributed by atoms with Crippen LogP contribution in [-0.4, -0.2) is 49.3 Å². The quantitative estimate of drug-likeness (QED) is 0.660. The van der Waals surface area contributed by atoms with Crippen molar-refractivity contribution < 1.29 is 14.3 Å². The lowest BCUT2D eigenvalue weighted by atomic mass is 9.78. The van der Waals surface area contributed by atoms with Gasteiger partial charge in [-0.1, -0.05) is 27.2 Å². The number of hydrogen-bond acceptors (Lipinski definition) is 4. The number of carbonyl (C=O) groups excluding carboxylic acids is 1. The monoisotopic (exact) mass is 376 g/mol. The third kappa shape index (κ3) is 6.22. The molecular formula is C22H36N2O3. The molecule has 2 rings (SSSR count). The maximum Gasteiger partial charge on any atom is 0.256 e. The molecule has 0 unspecified atom stereocenters. The van der Waals surface area contributed by atoms with Crippen LogP contribution in [0.4, 0.5) is 5.69 Å². The molecule has 1 aromatic carbocycles. The largest absolute Gasteiger partial charge is 0.492 e. The Bertz CT molecular complexity index is 567. The van der Waals surface area contributed by atoms with Crippen molar-refractivity contribution in [2.45, 2.75) is 59.0 Å². The first-order valence-electron chi connectivity index (χ1n) is 10.4. The SMILES string of the molecule is CCO[C@]1(C(=O)Nc2ccc(OCCN(CC)CC)cc2)CCC[C@H](C)C1. The summed E-state index contributed by atoms with van der Waals surface area (Å²) in [5, 5.41) is 3.05. The van der Waals surface area contributed by atoms with E-state index in [0.29, 0.717) is 19.1 Å². The van der Waals surface area contributed by atoms with Gasteiger partial charge in [0.1, 0.15) is 18.0 Å². The summed E-state index contributed by atoms with van der Waals surface area (Å²) in [4.78, 5) is 15.3. The first kappa shape index (κ1) is 21.7. The first-order chi connectivity index (χ1) is 13.0. The lowest BCUT2D eigenvalue weighted by Gasteiger charge is -2.38. The molecule has 0 radical (unpaired) electrons. The molecule has 5 heteroatoms. The first-order valence-corrected chi connectivity index (χ1v) is 10.4. The average molecular weight is 377 g/mol.